The maximum atomic E-state index is 12.6. The van der Waals surface area contributed by atoms with Crippen LogP contribution in [0.25, 0.3) is 11.3 Å². The third-order valence-electron chi connectivity index (χ3n) is 4.13. The first-order valence-electron chi connectivity index (χ1n) is 8.54. The second kappa shape index (κ2) is 7.70. The molecule has 0 atom stereocenters. The molecule has 3 aromatic rings. The Morgan fingerprint density at radius 3 is 2.54 bits per heavy atom. The average Bonchev–Trinajstić information content (AvgIpc) is 3.24. The molecule has 1 aromatic carbocycles. The number of nitrogens with zero attached hydrogens (tertiary/aromatic N) is 3. The Labute approximate surface area is 156 Å². The summed E-state index contributed by atoms with van der Waals surface area (Å²) >= 11 is 1.50. The number of aromatic nitrogens is 3. The highest BCUT2D eigenvalue weighted by molar-refractivity contribution is 7.16. The van der Waals surface area contributed by atoms with Gasteiger partial charge in [-0.2, -0.15) is 5.10 Å². The fourth-order valence-electron chi connectivity index (χ4n) is 2.69. The predicted molar refractivity (Wildman–Crippen MR) is 104 cm³/mol. The van der Waals surface area contributed by atoms with E-state index < -0.39 is 0 Å². The molecule has 1 N–H and O–H groups in total. The molecule has 0 aliphatic heterocycles. The molecular formula is C19H22N4O2S. The van der Waals surface area contributed by atoms with Crippen LogP contribution in [0.1, 0.15) is 34.9 Å². The molecule has 0 saturated carbocycles. The maximum absolute atomic E-state index is 12.6. The van der Waals surface area contributed by atoms with Crippen LogP contribution in [0.2, 0.25) is 0 Å². The first kappa shape index (κ1) is 18.1. The third kappa shape index (κ3) is 3.62. The van der Waals surface area contributed by atoms with Gasteiger partial charge in [0.05, 0.1) is 18.5 Å². The number of amides is 1. The lowest BCUT2D eigenvalue weighted by Crippen LogP contribution is -2.15. The molecule has 0 unspecified atom stereocenters. The topological polar surface area (TPSA) is 69.0 Å². The van der Waals surface area contributed by atoms with Crippen molar-refractivity contribution in [2.24, 2.45) is 7.05 Å². The summed E-state index contributed by atoms with van der Waals surface area (Å²) in [5.41, 5.74) is 3.33. The van der Waals surface area contributed by atoms with E-state index in [9.17, 15) is 4.79 Å². The van der Waals surface area contributed by atoms with Crippen molar-refractivity contribution < 1.29 is 9.53 Å². The highest BCUT2D eigenvalue weighted by Gasteiger charge is 2.17. The summed E-state index contributed by atoms with van der Waals surface area (Å²) < 4.78 is 6.81. The molecular weight excluding hydrogens is 348 g/mol. The number of rotatable bonds is 6. The number of carbonyl (C=O) groups excluding carboxylic acids is 1. The summed E-state index contributed by atoms with van der Waals surface area (Å²) in [7, 11) is 3.42. The number of ether oxygens (including phenoxy) is 1. The van der Waals surface area contributed by atoms with Crippen LogP contribution >= 0.6 is 11.3 Å². The van der Waals surface area contributed by atoms with Crippen LogP contribution in [0.15, 0.2) is 30.3 Å². The zero-order chi connectivity index (χ0) is 18.7. The molecule has 136 valence electrons. The van der Waals surface area contributed by atoms with Gasteiger partial charge in [-0.05, 0) is 43.2 Å². The summed E-state index contributed by atoms with van der Waals surface area (Å²) in [6.07, 6.45) is 1.64. The predicted octanol–water partition coefficient (Wildman–Crippen LogP) is 3.93. The summed E-state index contributed by atoms with van der Waals surface area (Å²) in [5.74, 6) is 0.607. The van der Waals surface area contributed by atoms with Crippen molar-refractivity contribution in [2.75, 3.05) is 12.4 Å². The van der Waals surface area contributed by atoms with Crippen molar-refractivity contribution in [3.05, 3.63) is 46.6 Å². The van der Waals surface area contributed by atoms with Gasteiger partial charge in [-0.1, -0.05) is 13.8 Å². The van der Waals surface area contributed by atoms with Gasteiger partial charge >= 0.3 is 0 Å². The van der Waals surface area contributed by atoms with Gasteiger partial charge < -0.3 is 4.74 Å². The minimum atomic E-state index is -0.197. The minimum absolute atomic E-state index is 0.197. The Kier molecular flexibility index (Phi) is 5.37. The summed E-state index contributed by atoms with van der Waals surface area (Å²) in [5, 5.41) is 7.82. The Balaban J connectivity index is 1.85. The van der Waals surface area contributed by atoms with E-state index in [-0.39, 0.29) is 5.91 Å². The van der Waals surface area contributed by atoms with E-state index in [1.807, 2.05) is 37.3 Å². The van der Waals surface area contributed by atoms with Crippen molar-refractivity contribution in [3.63, 3.8) is 0 Å². The molecule has 0 aliphatic rings. The highest BCUT2D eigenvalue weighted by Crippen LogP contribution is 2.32. The average molecular weight is 370 g/mol. The minimum Gasteiger partial charge on any atom is -0.497 e. The number of methoxy groups -OCH3 is 1. The second-order valence-corrected chi connectivity index (χ2v) is 6.91. The number of thiazole rings is 1. The number of anilines is 1. The van der Waals surface area contributed by atoms with Crippen molar-refractivity contribution in [3.8, 4) is 17.0 Å². The van der Waals surface area contributed by atoms with E-state index in [0.29, 0.717) is 10.8 Å². The largest absolute Gasteiger partial charge is 0.497 e. The number of hydrogen-bond donors (Lipinski definition) is 1. The monoisotopic (exact) mass is 370 g/mol. The normalized spacial score (nSPS) is 10.8. The van der Waals surface area contributed by atoms with Crippen LogP contribution in [0, 0.1) is 0 Å². The smallest absolute Gasteiger partial charge is 0.275 e. The number of aryl methyl sites for hydroxylation is 3. The summed E-state index contributed by atoms with van der Waals surface area (Å²) in [6, 6.07) is 9.59. The summed E-state index contributed by atoms with van der Waals surface area (Å²) in [6.45, 7) is 4.10. The van der Waals surface area contributed by atoms with E-state index >= 15 is 0 Å². The van der Waals surface area contributed by atoms with E-state index in [4.69, 9.17) is 4.74 Å². The van der Waals surface area contributed by atoms with Crippen LogP contribution in [-0.2, 0) is 19.9 Å². The molecule has 1 amide bonds. The third-order valence-corrected chi connectivity index (χ3v) is 5.24. The van der Waals surface area contributed by atoms with Gasteiger partial charge in [0.2, 0.25) is 0 Å². The van der Waals surface area contributed by atoms with Gasteiger partial charge in [0, 0.05) is 17.5 Å². The van der Waals surface area contributed by atoms with Crippen molar-refractivity contribution in [1.82, 2.24) is 14.8 Å². The fourth-order valence-corrected chi connectivity index (χ4v) is 3.61. The van der Waals surface area contributed by atoms with Gasteiger partial charge in [0.25, 0.3) is 5.91 Å². The number of carbonyl (C=O) groups is 1. The second-order valence-electron chi connectivity index (χ2n) is 5.83. The molecule has 0 fully saturated rings. The molecule has 0 saturated heterocycles. The van der Waals surface area contributed by atoms with E-state index in [2.05, 4.69) is 22.3 Å². The lowest BCUT2D eigenvalue weighted by atomic mass is 10.1. The van der Waals surface area contributed by atoms with E-state index in [1.54, 1.807) is 18.8 Å². The van der Waals surface area contributed by atoms with Gasteiger partial charge in [0.1, 0.15) is 11.4 Å². The first-order chi connectivity index (χ1) is 12.5. The van der Waals surface area contributed by atoms with Crippen LogP contribution in [-0.4, -0.2) is 27.8 Å². The maximum Gasteiger partial charge on any atom is 0.275 e. The van der Waals surface area contributed by atoms with Gasteiger partial charge in [0.15, 0.2) is 5.13 Å². The number of benzene rings is 1. The SMILES string of the molecule is CCc1cc(C(=O)Nc2nc(-c3ccc(OC)cc3)c(CC)s2)n(C)n1. The lowest BCUT2D eigenvalue weighted by Gasteiger charge is -2.03. The Morgan fingerprint density at radius 2 is 1.96 bits per heavy atom. The standard InChI is InChI=1S/C19H22N4O2S/c1-5-13-11-15(23(3)22-13)18(24)21-19-20-17(16(6-2)26-19)12-7-9-14(25-4)10-8-12/h7-11H,5-6H2,1-4H3,(H,20,21,24). The molecule has 0 bridgehead atoms. The van der Waals surface area contributed by atoms with Crippen LogP contribution in [0.3, 0.4) is 0 Å². The molecule has 26 heavy (non-hydrogen) atoms. The van der Waals surface area contributed by atoms with Crippen LogP contribution < -0.4 is 10.1 Å². The zero-order valence-electron chi connectivity index (χ0n) is 15.4. The number of nitrogens with one attached hydrogen (secondary N) is 1. The highest BCUT2D eigenvalue weighted by atomic mass is 32.1. The van der Waals surface area contributed by atoms with Gasteiger partial charge in [-0.15, -0.1) is 11.3 Å². The Bertz CT molecular complexity index is 912. The molecule has 2 heterocycles. The Hall–Kier alpha value is -2.67. The Morgan fingerprint density at radius 1 is 1.23 bits per heavy atom. The van der Waals surface area contributed by atoms with Gasteiger partial charge in [-0.25, -0.2) is 4.98 Å². The fraction of sp³-hybridized carbons (Fsp3) is 0.316. The molecule has 0 spiro atoms. The van der Waals surface area contributed by atoms with Crippen molar-refractivity contribution in [1.29, 1.82) is 0 Å². The van der Waals surface area contributed by atoms with Crippen LogP contribution in [0.4, 0.5) is 5.13 Å². The first-order valence-corrected chi connectivity index (χ1v) is 9.35. The van der Waals surface area contributed by atoms with Gasteiger partial charge in [-0.3, -0.25) is 14.8 Å². The van der Waals surface area contributed by atoms with Crippen LogP contribution in [0.5, 0.6) is 5.75 Å². The molecule has 3 rings (SSSR count). The van der Waals surface area contributed by atoms with E-state index in [1.165, 1.54) is 11.3 Å². The van der Waals surface area contributed by atoms with Crippen molar-refractivity contribution >= 4 is 22.4 Å². The molecule has 2 aromatic heterocycles. The zero-order valence-corrected chi connectivity index (χ0v) is 16.2. The summed E-state index contributed by atoms with van der Waals surface area (Å²) in [4.78, 5) is 18.3. The van der Waals surface area contributed by atoms with Crippen molar-refractivity contribution in [2.45, 2.75) is 26.7 Å². The molecule has 0 aliphatic carbocycles. The number of hydrogen-bond acceptors (Lipinski definition) is 5. The molecule has 7 heteroatoms. The van der Waals surface area contributed by atoms with E-state index in [0.717, 1.165) is 40.4 Å². The molecule has 6 nitrogen and oxygen atoms in total. The molecule has 0 radical (unpaired) electrons. The lowest BCUT2D eigenvalue weighted by molar-refractivity contribution is 0.101. The quantitative estimate of drug-likeness (QED) is 0.714.